The Hall–Kier alpha value is -1.85. The van der Waals surface area contributed by atoms with Gasteiger partial charge in [-0.25, -0.2) is 9.78 Å². The smallest absolute Gasteiger partial charge is 0.328 e. The van der Waals surface area contributed by atoms with E-state index in [1.807, 2.05) is 0 Å². The number of imidazole rings is 1. The number of hydrogen-bond acceptors (Lipinski definition) is 3. The van der Waals surface area contributed by atoms with Gasteiger partial charge in [0.1, 0.15) is 0 Å². The highest BCUT2D eigenvalue weighted by molar-refractivity contribution is 5.68. The van der Waals surface area contributed by atoms with Crippen LogP contribution in [0.5, 0.6) is 0 Å². The molecule has 0 saturated carbocycles. The molecule has 2 heterocycles. The lowest BCUT2D eigenvalue weighted by Crippen LogP contribution is -2.33. The van der Waals surface area contributed by atoms with Crippen LogP contribution in [-0.2, 0) is 14.1 Å². The zero-order valence-corrected chi connectivity index (χ0v) is 7.24. The van der Waals surface area contributed by atoms with Crippen molar-refractivity contribution in [1.82, 2.24) is 19.1 Å². The standard InChI is InChI=1S/C7H8N4O2/c1-10-3-8-5-4(10)6(12)11(2)7(13)9-5/h3H,1-2H3,(H,9,13)/i1+1,2+1. The lowest BCUT2D eigenvalue weighted by Gasteiger charge is -1.96. The number of rotatable bonds is 0. The number of aryl methyl sites for hydroxylation is 1. The van der Waals surface area contributed by atoms with Gasteiger partial charge in [-0.3, -0.25) is 14.3 Å². The Bertz CT molecular complexity index is 574. The van der Waals surface area contributed by atoms with Gasteiger partial charge in [0.25, 0.3) is 5.56 Å². The van der Waals surface area contributed by atoms with Gasteiger partial charge in [0.2, 0.25) is 0 Å². The fourth-order valence-corrected chi connectivity index (χ4v) is 1.21. The average molecular weight is 182 g/mol. The molecular weight excluding hydrogens is 174 g/mol. The first-order valence-corrected chi connectivity index (χ1v) is 3.71. The maximum atomic E-state index is 11.5. The predicted octanol–water partition coefficient (Wildman–Crippen LogP) is -1.04. The molecule has 0 bridgehead atoms. The maximum Gasteiger partial charge on any atom is 0.329 e. The quantitative estimate of drug-likeness (QED) is 0.529. The van der Waals surface area contributed by atoms with Gasteiger partial charge in [0.15, 0.2) is 11.2 Å². The molecule has 0 fully saturated rings. The van der Waals surface area contributed by atoms with Crippen LogP contribution in [0.1, 0.15) is 0 Å². The van der Waals surface area contributed by atoms with Crippen molar-refractivity contribution in [3.05, 3.63) is 27.2 Å². The fraction of sp³-hybridized carbons (Fsp3) is 0.286. The minimum absolute atomic E-state index is 0.329. The van der Waals surface area contributed by atoms with Crippen molar-refractivity contribution < 1.29 is 0 Å². The molecule has 0 aliphatic carbocycles. The normalized spacial score (nSPS) is 10.9. The number of hydrogen-bond donors (Lipinski definition) is 1. The molecule has 0 atom stereocenters. The molecule has 2 rings (SSSR count). The molecule has 0 aliphatic heterocycles. The maximum absolute atomic E-state index is 11.5. The highest BCUT2D eigenvalue weighted by atomic mass is 16.2. The van der Waals surface area contributed by atoms with Gasteiger partial charge in [0.05, 0.1) is 6.33 Å². The first-order valence-electron chi connectivity index (χ1n) is 3.71. The van der Waals surface area contributed by atoms with Crippen LogP contribution in [-0.4, -0.2) is 19.1 Å². The number of nitrogens with zero attached hydrogens (tertiary/aromatic N) is 3. The molecule has 68 valence electrons. The number of nitrogens with one attached hydrogen (secondary N) is 1. The first-order chi connectivity index (χ1) is 6.11. The highest BCUT2D eigenvalue weighted by Crippen LogP contribution is 1.98. The van der Waals surface area contributed by atoms with Gasteiger partial charge < -0.3 is 4.57 Å². The Labute approximate surface area is 72.5 Å². The van der Waals surface area contributed by atoms with Gasteiger partial charge in [-0.2, -0.15) is 0 Å². The van der Waals surface area contributed by atoms with Crippen LogP contribution in [0.25, 0.3) is 11.2 Å². The summed E-state index contributed by atoms with van der Waals surface area (Å²) >= 11 is 0. The molecule has 6 heteroatoms. The summed E-state index contributed by atoms with van der Waals surface area (Å²) in [6, 6.07) is 0. The van der Waals surface area contributed by atoms with Crippen molar-refractivity contribution in [2.45, 2.75) is 0 Å². The van der Waals surface area contributed by atoms with Crippen LogP contribution in [0.3, 0.4) is 0 Å². The summed E-state index contributed by atoms with van der Waals surface area (Å²) in [5, 5.41) is 0. The SMILES string of the molecule is [13CH3]n1c(=O)[nH]c2ncn([13CH3])c2c1=O. The first kappa shape index (κ1) is 7.78. The summed E-state index contributed by atoms with van der Waals surface area (Å²) in [5.74, 6) is 0. The molecule has 13 heavy (non-hydrogen) atoms. The van der Waals surface area contributed by atoms with E-state index in [1.165, 1.54) is 13.4 Å². The fourth-order valence-electron chi connectivity index (χ4n) is 1.21. The van der Waals surface area contributed by atoms with Gasteiger partial charge >= 0.3 is 5.69 Å². The Balaban J connectivity index is 3.16. The van der Waals surface area contributed by atoms with E-state index in [2.05, 4.69) is 9.97 Å². The molecular formula is C7H8N4O2. The van der Waals surface area contributed by atoms with Crippen molar-refractivity contribution in [2.75, 3.05) is 0 Å². The Morgan fingerprint density at radius 3 is 2.77 bits per heavy atom. The van der Waals surface area contributed by atoms with Gasteiger partial charge in [-0.1, -0.05) is 0 Å². The van der Waals surface area contributed by atoms with E-state index in [-0.39, 0.29) is 5.56 Å². The number of H-pyrrole nitrogens is 1. The second-order valence-corrected chi connectivity index (χ2v) is 2.85. The van der Waals surface area contributed by atoms with E-state index in [0.717, 1.165) is 4.57 Å². The number of fused-ring (bicyclic) bond motifs is 1. The molecule has 2 aromatic rings. The topological polar surface area (TPSA) is 72.7 Å². The Morgan fingerprint density at radius 2 is 2.08 bits per heavy atom. The third-order valence-electron chi connectivity index (χ3n) is 1.97. The van der Waals surface area contributed by atoms with E-state index in [9.17, 15) is 9.59 Å². The molecule has 2 aromatic heterocycles. The second kappa shape index (κ2) is 2.32. The average Bonchev–Trinajstić information content (AvgIpc) is 2.43. The lowest BCUT2D eigenvalue weighted by molar-refractivity contribution is 0.783. The third kappa shape index (κ3) is 0.915. The number of aromatic nitrogens is 4. The molecule has 1 N–H and O–H groups in total. The van der Waals surface area contributed by atoms with Crippen molar-refractivity contribution in [3.8, 4) is 0 Å². The van der Waals surface area contributed by atoms with Crippen molar-refractivity contribution in [2.24, 2.45) is 14.1 Å². The Kier molecular flexibility index (Phi) is 1.39. The summed E-state index contributed by atoms with van der Waals surface area (Å²) in [7, 11) is 3.13. The zero-order chi connectivity index (χ0) is 9.59. The molecule has 0 spiro atoms. The third-order valence-corrected chi connectivity index (χ3v) is 1.97. The largest absolute Gasteiger partial charge is 0.329 e. The van der Waals surface area contributed by atoms with Crippen LogP contribution in [0.2, 0.25) is 0 Å². The van der Waals surface area contributed by atoms with Crippen LogP contribution in [0.15, 0.2) is 15.9 Å². The number of aromatic amines is 1. The molecule has 0 radical (unpaired) electrons. The summed E-state index contributed by atoms with van der Waals surface area (Å²) in [5.41, 5.74) is -0.0485. The van der Waals surface area contributed by atoms with Crippen molar-refractivity contribution >= 4 is 11.2 Å². The lowest BCUT2D eigenvalue weighted by atomic mass is 10.5. The van der Waals surface area contributed by atoms with E-state index in [4.69, 9.17) is 0 Å². The van der Waals surface area contributed by atoms with Crippen molar-refractivity contribution in [1.29, 1.82) is 0 Å². The van der Waals surface area contributed by atoms with Gasteiger partial charge in [-0.05, 0) is 0 Å². The van der Waals surface area contributed by atoms with E-state index >= 15 is 0 Å². The molecule has 0 unspecified atom stereocenters. The second-order valence-electron chi connectivity index (χ2n) is 2.85. The summed E-state index contributed by atoms with van der Waals surface area (Å²) in [4.78, 5) is 29.0. The monoisotopic (exact) mass is 182 g/mol. The Morgan fingerprint density at radius 1 is 1.38 bits per heavy atom. The van der Waals surface area contributed by atoms with E-state index in [1.54, 1.807) is 11.6 Å². The molecule has 0 aromatic carbocycles. The van der Waals surface area contributed by atoms with E-state index in [0.29, 0.717) is 11.2 Å². The van der Waals surface area contributed by atoms with Crippen LogP contribution >= 0.6 is 0 Å². The van der Waals surface area contributed by atoms with Gasteiger partial charge in [0, 0.05) is 14.1 Å². The molecule has 0 amide bonds. The van der Waals surface area contributed by atoms with Crippen LogP contribution < -0.4 is 11.2 Å². The predicted molar refractivity (Wildman–Crippen MR) is 46.6 cm³/mol. The summed E-state index contributed by atoms with van der Waals surface area (Å²) in [6.07, 6.45) is 1.49. The minimum atomic E-state index is -0.448. The molecule has 0 saturated heterocycles. The van der Waals surface area contributed by atoms with Crippen LogP contribution in [0, 0.1) is 0 Å². The van der Waals surface area contributed by atoms with Crippen LogP contribution in [0.4, 0.5) is 0 Å². The van der Waals surface area contributed by atoms with Gasteiger partial charge in [-0.15, -0.1) is 0 Å². The highest BCUT2D eigenvalue weighted by Gasteiger charge is 2.07. The summed E-state index contributed by atoms with van der Waals surface area (Å²) in [6.45, 7) is 0. The zero-order valence-electron chi connectivity index (χ0n) is 7.24. The molecule has 6 nitrogen and oxygen atoms in total. The molecule has 0 aliphatic rings. The minimum Gasteiger partial charge on any atom is -0.328 e. The summed E-state index contributed by atoms with van der Waals surface area (Å²) < 4.78 is 2.59. The van der Waals surface area contributed by atoms with Crippen molar-refractivity contribution in [3.63, 3.8) is 0 Å². The van der Waals surface area contributed by atoms with E-state index < -0.39 is 5.69 Å².